The Morgan fingerprint density at radius 1 is 1.33 bits per heavy atom. The van der Waals surface area contributed by atoms with Crippen LogP contribution in [0.1, 0.15) is 44.7 Å². The van der Waals surface area contributed by atoms with E-state index in [1.54, 1.807) is 36.1 Å². The maximum atomic E-state index is 12.9. The lowest BCUT2D eigenvalue weighted by Crippen LogP contribution is -2.48. The Morgan fingerprint density at radius 2 is 1.96 bits per heavy atom. The van der Waals surface area contributed by atoms with Crippen LogP contribution >= 0.6 is 0 Å². The molecule has 27 heavy (non-hydrogen) atoms. The van der Waals surface area contributed by atoms with Crippen LogP contribution in [0.5, 0.6) is 0 Å². The van der Waals surface area contributed by atoms with Gasteiger partial charge in [-0.3, -0.25) is 14.5 Å². The smallest absolute Gasteiger partial charge is 0.325 e. The number of nitrogens with one attached hydrogen (secondary N) is 1. The van der Waals surface area contributed by atoms with Gasteiger partial charge in [0, 0.05) is 12.6 Å². The number of urea groups is 1. The van der Waals surface area contributed by atoms with Crippen molar-refractivity contribution in [1.82, 2.24) is 15.1 Å². The zero-order valence-corrected chi connectivity index (χ0v) is 15.9. The molecule has 0 radical (unpaired) electrons. The van der Waals surface area contributed by atoms with Crippen LogP contribution in [-0.4, -0.2) is 45.8 Å². The highest BCUT2D eigenvalue weighted by Crippen LogP contribution is 2.42. The summed E-state index contributed by atoms with van der Waals surface area (Å²) in [6, 6.07) is 8.49. The standard InChI is InChI=1S/C20H24N4O3/c1-13(2)23(11-15-6-4-14(10-21)5-7-15)17(25)12-24-18(26)20(3,16-8-9-16)22-19(24)27/h4-7,13,16H,8-9,11-12H2,1-3H3,(H,22,27). The average Bonchev–Trinajstić information content (AvgIpc) is 3.46. The van der Waals surface area contributed by atoms with Crippen molar-refractivity contribution in [2.75, 3.05) is 6.54 Å². The van der Waals surface area contributed by atoms with Gasteiger partial charge in [0.1, 0.15) is 12.1 Å². The van der Waals surface area contributed by atoms with Crippen molar-refractivity contribution in [1.29, 1.82) is 5.26 Å². The summed E-state index contributed by atoms with van der Waals surface area (Å²) >= 11 is 0. The van der Waals surface area contributed by atoms with Gasteiger partial charge in [0.05, 0.1) is 11.6 Å². The summed E-state index contributed by atoms with van der Waals surface area (Å²) in [4.78, 5) is 40.5. The molecule has 142 valence electrons. The van der Waals surface area contributed by atoms with E-state index in [1.807, 2.05) is 13.8 Å². The summed E-state index contributed by atoms with van der Waals surface area (Å²) in [5.41, 5.74) is 0.559. The summed E-state index contributed by atoms with van der Waals surface area (Å²) < 4.78 is 0. The van der Waals surface area contributed by atoms with Gasteiger partial charge < -0.3 is 10.2 Å². The fourth-order valence-corrected chi connectivity index (χ4v) is 3.46. The third-order valence-electron chi connectivity index (χ3n) is 5.37. The Balaban J connectivity index is 1.70. The van der Waals surface area contributed by atoms with Gasteiger partial charge >= 0.3 is 6.03 Å². The van der Waals surface area contributed by atoms with Crippen LogP contribution in [0.2, 0.25) is 0 Å². The van der Waals surface area contributed by atoms with Crippen LogP contribution < -0.4 is 5.32 Å². The van der Waals surface area contributed by atoms with Crippen LogP contribution in [-0.2, 0) is 16.1 Å². The normalized spacial score (nSPS) is 22.0. The van der Waals surface area contributed by atoms with Gasteiger partial charge in [-0.15, -0.1) is 0 Å². The van der Waals surface area contributed by atoms with E-state index in [-0.39, 0.29) is 30.3 Å². The van der Waals surface area contributed by atoms with Crippen molar-refractivity contribution in [2.45, 2.75) is 51.7 Å². The van der Waals surface area contributed by atoms with Crippen molar-refractivity contribution in [3.63, 3.8) is 0 Å². The van der Waals surface area contributed by atoms with Crippen LogP contribution in [0.25, 0.3) is 0 Å². The van der Waals surface area contributed by atoms with E-state index in [4.69, 9.17) is 5.26 Å². The first-order chi connectivity index (χ1) is 12.8. The molecule has 0 spiro atoms. The van der Waals surface area contributed by atoms with E-state index in [9.17, 15) is 14.4 Å². The molecule has 1 aromatic rings. The quantitative estimate of drug-likeness (QED) is 0.777. The summed E-state index contributed by atoms with van der Waals surface area (Å²) in [5, 5.41) is 11.7. The molecule has 1 aliphatic heterocycles. The van der Waals surface area contributed by atoms with Gasteiger partial charge in [-0.05, 0) is 57.2 Å². The molecule has 0 bridgehead atoms. The second kappa shape index (κ2) is 7.03. The van der Waals surface area contributed by atoms with Crippen molar-refractivity contribution in [2.24, 2.45) is 5.92 Å². The largest absolute Gasteiger partial charge is 0.334 e. The molecule has 1 unspecified atom stereocenters. The first-order valence-electron chi connectivity index (χ1n) is 9.19. The fraction of sp³-hybridized carbons (Fsp3) is 0.500. The van der Waals surface area contributed by atoms with Crippen LogP contribution in [0.15, 0.2) is 24.3 Å². The Kier molecular flexibility index (Phi) is 4.92. The first kappa shape index (κ1) is 18.9. The monoisotopic (exact) mass is 368 g/mol. The number of carbonyl (C=O) groups is 3. The predicted octanol–water partition coefficient (Wildman–Crippen LogP) is 2.02. The molecule has 7 nitrogen and oxygen atoms in total. The first-order valence-corrected chi connectivity index (χ1v) is 9.19. The summed E-state index contributed by atoms with van der Waals surface area (Å²) in [6.45, 7) is 5.61. The van der Waals surface area contributed by atoms with E-state index in [0.717, 1.165) is 23.3 Å². The molecular weight excluding hydrogens is 344 g/mol. The van der Waals surface area contributed by atoms with E-state index < -0.39 is 11.6 Å². The third-order valence-corrected chi connectivity index (χ3v) is 5.37. The van der Waals surface area contributed by atoms with E-state index in [2.05, 4.69) is 11.4 Å². The molecule has 1 aliphatic carbocycles. The Morgan fingerprint density at radius 3 is 2.48 bits per heavy atom. The molecule has 1 atom stereocenters. The molecule has 1 saturated carbocycles. The minimum atomic E-state index is -0.882. The number of nitrogens with zero attached hydrogens (tertiary/aromatic N) is 3. The van der Waals surface area contributed by atoms with Gasteiger partial charge in [0.25, 0.3) is 5.91 Å². The minimum absolute atomic E-state index is 0.0938. The highest BCUT2D eigenvalue weighted by Gasteiger charge is 2.56. The molecule has 0 aromatic heterocycles. The number of hydrogen-bond acceptors (Lipinski definition) is 4. The minimum Gasteiger partial charge on any atom is -0.334 e. The predicted molar refractivity (Wildman–Crippen MR) is 98.2 cm³/mol. The molecule has 1 saturated heterocycles. The summed E-state index contributed by atoms with van der Waals surface area (Å²) in [6.07, 6.45) is 1.84. The van der Waals surface area contributed by atoms with Gasteiger partial charge in [0.2, 0.25) is 5.91 Å². The van der Waals surface area contributed by atoms with Gasteiger partial charge in [-0.2, -0.15) is 5.26 Å². The maximum absolute atomic E-state index is 12.9. The zero-order chi connectivity index (χ0) is 19.8. The number of amides is 4. The summed E-state index contributed by atoms with van der Waals surface area (Å²) in [5.74, 6) is -0.433. The average molecular weight is 368 g/mol. The number of hydrogen-bond donors (Lipinski definition) is 1. The van der Waals surface area contributed by atoms with E-state index in [0.29, 0.717) is 12.1 Å². The molecule has 1 heterocycles. The van der Waals surface area contributed by atoms with Gasteiger partial charge in [-0.25, -0.2) is 4.79 Å². The molecule has 1 N–H and O–H groups in total. The lowest BCUT2D eigenvalue weighted by atomic mass is 9.96. The SMILES string of the molecule is CC(C)N(Cc1ccc(C#N)cc1)C(=O)CN1C(=O)NC(C)(C2CC2)C1=O. The Hall–Kier alpha value is -2.88. The van der Waals surface area contributed by atoms with Crippen LogP contribution in [0.4, 0.5) is 4.79 Å². The van der Waals surface area contributed by atoms with E-state index in [1.165, 1.54) is 0 Å². The second-order valence-electron chi connectivity index (χ2n) is 7.72. The Bertz CT molecular complexity index is 808. The number of rotatable bonds is 6. The van der Waals surface area contributed by atoms with Crippen molar-refractivity contribution < 1.29 is 14.4 Å². The van der Waals surface area contributed by atoms with Gasteiger partial charge in [0.15, 0.2) is 0 Å². The van der Waals surface area contributed by atoms with Crippen LogP contribution in [0, 0.1) is 17.2 Å². The van der Waals surface area contributed by atoms with Crippen molar-refractivity contribution >= 4 is 17.8 Å². The molecule has 2 fully saturated rings. The molecule has 3 rings (SSSR count). The number of imide groups is 1. The number of carbonyl (C=O) groups excluding carboxylic acids is 3. The number of benzene rings is 1. The summed E-state index contributed by atoms with van der Waals surface area (Å²) in [7, 11) is 0. The molecule has 7 heteroatoms. The maximum Gasteiger partial charge on any atom is 0.325 e. The zero-order valence-electron chi connectivity index (χ0n) is 15.9. The van der Waals surface area contributed by atoms with Crippen LogP contribution in [0.3, 0.4) is 0 Å². The lowest BCUT2D eigenvalue weighted by Gasteiger charge is -2.28. The molecule has 1 aromatic carbocycles. The molecule has 2 aliphatic rings. The highest BCUT2D eigenvalue weighted by molar-refractivity contribution is 6.09. The van der Waals surface area contributed by atoms with Gasteiger partial charge in [-0.1, -0.05) is 12.1 Å². The molecular formula is C20H24N4O3. The highest BCUT2D eigenvalue weighted by atomic mass is 16.2. The fourth-order valence-electron chi connectivity index (χ4n) is 3.46. The topological polar surface area (TPSA) is 93.5 Å². The Labute approximate surface area is 158 Å². The second-order valence-corrected chi connectivity index (χ2v) is 7.72. The van der Waals surface area contributed by atoms with Crippen molar-refractivity contribution in [3.8, 4) is 6.07 Å². The lowest BCUT2D eigenvalue weighted by molar-refractivity contribution is -0.140. The third kappa shape index (κ3) is 3.65. The number of nitriles is 1. The van der Waals surface area contributed by atoms with E-state index >= 15 is 0 Å². The van der Waals surface area contributed by atoms with Crippen molar-refractivity contribution in [3.05, 3.63) is 35.4 Å². The molecule has 4 amide bonds.